The molecule has 0 aliphatic rings. The molecule has 0 aliphatic heterocycles. The van der Waals surface area contributed by atoms with E-state index in [9.17, 15) is 9.59 Å². The van der Waals surface area contributed by atoms with Crippen LogP contribution in [-0.2, 0) is 16.1 Å². The average Bonchev–Trinajstić information content (AvgIpc) is 2.69. The van der Waals surface area contributed by atoms with Crippen LogP contribution in [-0.4, -0.2) is 17.0 Å². The summed E-state index contributed by atoms with van der Waals surface area (Å²) in [6, 6.07) is 7.61. The van der Waals surface area contributed by atoms with Gasteiger partial charge in [-0.1, -0.05) is 18.2 Å². The Morgan fingerprint density at radius 2 is 2.00 bits per heavy atom. The second kappa shape index (κ2) is 5.56. The van der Waals surface area contributed by atoms with Gasteiger partial charge < -0.3 is 14.8 Å². The Hall–Kier alpha value is -2.30. The largest absolute Gasteiger partial charge is 0.481 e. The summed E-state index contributed by atoms with van der Waals surface area (Å²) in [5.74, 6) is -0.480. The van der Waals surface area contributed by atoms with Gasteiger partial charge in [0.05, 0.1) is 6.42 Å². The van der Waals surface area contributed by atoms with Gasteiger partial charge in [0.15, 0.2) is 0 Å². The topological polar surface area (TPSA) is 79.5 Å². The number of aliphatic carboxylic acids is 1. The lowest BCUT2D eigenvalue weighted by atomic mass is 10.1. The predicted molar refractivity (Wildman–Crippen MR) is 69.7 cm³/mol. The van der Waals surface area contributed by atoms with E-state index in [1.54, 1.807) is 0 Å². The van der Waals surface area contributed by atoms with Crippen LogP contribution in [0.2, 0.25) is 0 Å². The molecule has 0 saturated carbocycles. The third-order valence-corrected chi connectivity index (χ3v) is 2.93. The number of benzene rings is 1. The number of carbonyl (C=O) groups is 2. The zero-order chi connectivity index (χ0) is 13.8. The Morgan fingerprint density at radius 3 is 2.74 bits per heavy atom. The van der Waals surface area contributed by atoms with E-state index in [4.69, 9.17) is 9.52 Å². The molecule has 2 N–H and O–H groups in total. The number of para-hydroxylation sites is 1. The first-order chi connectivity index (χ1) is 9.08. The Labute approximate surface area is 110 Å². The maximum atomic E-state index is 11.5. The number of rotatable bonds is 5. The highest BCUT2D eigenvalue weighted by Crippen LogP contribution is 2.24. The van der Waals surface area contributed by atoms with Gasteiger partial charge in [-0.05, 0) is 13.0 Å². The molecule has 0 saturated heterocycles. The van der Waals surface area contributed by atoms with Crippen LogP contribution >= 0.6 is 0 Å². The van der Waals surface area contributed by atoms with Gasteiger partial charge >= 0.3 is 5.97 Å². The van der Waals surface area contributed by atoms with Gasteiger partial charge in [-0.15, -0.1) is 0 Å². The lowest BCUT2D eigenvalue weighted by molar-refractivity contribution is -0.138. The number of hydrogen-bond donors (Lipinski definition) is 2. The van der Waals surface area contributed by atoms with E-state index in [1.165, 1.54) is 0 Å². The SMILES string of the molecule is Cc1oc2ccccc2c1CNC(=O)CCC(=O)O. The smallest absolute Gasteiger partial charge is 0.303 e. The minimum absolute atomic E-state index is 0.00976. The van der Waals surface area contributed by atoms with Crippen molar-refractivity contribution < 1.29 is 19.1 Å². The molecule has 2 rings (SSSR count). The molecule has 0 bridgehead atoms. The van der Waals surface area contributed by atoms with Gasteiger partial charge in [-0.3, -0.25) is 9.59 Å². The summed E-state index contributed by atoms with van der Waals surface area (Å²) in [4.78, 5) is 21.9. The van der Waals surface area contributed by atoms with E-state index in [0.29, 0.717) is 6.54 Å². The van der Waals surface area contributed by atoms with Crippen molar-refractivity contribution in [2.75, 3.05) is 0 Å². The molecule has 0 fully saturated rings. The van der Waals surface area contributed by atoms with Crippen molar-refractivity contribution in [3.63, 3.8) is 0 Å². The molecule has 0 spiro atoms. The normalized spacial score (nSPS) is 10.6. The highest BCUT2D eigenvalue weighted by Gasteiger charge is 2.11. The Balaban J connectivity index is 2.03. The van der Waals surface area contributed by atoms with E-state index in [-0.39, 0.29) is 18.7 Å². The van der Waals surface area contributed by atoms with E-state index in [1.807, 2.05) is 31.2 Å². The first-order valence-electron chi connectivity index (χ1n) is 6.03. The number of nitrogens with one attached hydrogen (secondary N) is 1. The molecule has 0 radical (unpaired) electrons. The van der Waals surface area contributed by atoms with Crippen LogP contribution < -0.4 is 5.32 Å². The third kappa shape index (κ3) is 3.13. The summed E-state index contributed by atoms with van der Waals surface area (Å²) >= 11 is 0. The first kappa shape index (κ1) is 13.1. The molecular formula is C14H15NO4. The van der Waals surface area contributed by atoms with Crippen molar-refractivity contribution in [3.05, 3.63) is 35.6 Å². The number of amides is 1. The second-order valence-electron chi connectivity index (χ2n) is 4.30. The molecule has 1 aromatic carbocycles. The number of fused-ring (bicyclic) bond motifs is 1. The van der Waals surface area contributed by atoms with Crippen molar-refractivity contribution in [2.45, 2.75) is 26.3 Å². The first-order valence-corrected chi connectivity index (χ1v) is 6.03. The molecule has 0 aliphatic carbocycles. The molecule has 5 nitrogen and oxygen atoms in total. The lowest BCUT2D eigenvalue weighted by Gasteiger charge is -2.03. The Morgan fingerprint density at radius 1 is 1.26 bits per heavy atom. The zero-order valence-corrected chi connectivity index (χ0v) is 10.6. The van der Waals surface area contributed by atoms with Crippen LogP contribution in [0.4, 0.5) is 0 Å². The molecule has 19 heavy (non-hydrogen) atoms. The maximum Gasteiger partial charge on any atom is 0.303 e. The van der Waals surface area contributed by atoms with Crippen LogP contribution in [0.5, 0.6) is 0 Å². The molecule has 1 aromatic heterocycles. The van der Waals surface area contributed by atoms with Crippen molar-refractivity contribution in [2.24, 2.45) is 0 Å². The van der Waals surface area contributed by atoms with E-state index < -0.39 is 5.97 Å². The molecule has 1 heterocycles. The van der Waals surface area contributed by atoms with Crippen molar-refractivity contribution >= 4 is 22.8 Å². The fraction of sp³-hybridized carbons (Fsp3) is 0.286. The monoisotopic (exact) mass is 261 g/mol. The van der Waals surface area contributed by atoms with Gasteiger partial charge in [-0.25, -0.2) is 0 Å². The summed E-state index contributed by atoms with van der Waals surface area (Å²) in [7, 11) is 0. The molecule has 100 valence electrons. The molecule has 1 amide bonds. The molecule has 5 heteroatoms. The zero-order valence-electron chi connectivity index (χ0n) is 10.6. The van der Waals surface area contributed by atoms with Gasteiger partial charge in [0.2, 0.25) is 5.91 Å². The van der Waals surface area contributed by atoms with Crippen LogP contribution in [0.3, 0.4) is 0 Å². The van der Waals surface area contributed by atoms with Crippen LogP contribution in [0.1, 0.15) is 24.2 Å². The third-order valence-electron chi connectivity index (χ3n) is 2.93. The number of furan rings is 1. The van der Waals surface area contributed by atoms with Crippen molar-refractivity contribution in [1.29, 1.82) is 0 Å². The van der Waals surface area contributed by atoms with Gasteiger partial charge in [0.25, 0.3) is 0 Å². The number of aryl methyl sites for hydroxylation is 1. The van der Waals surface area contributed by atoms with E-state index in [0.717, 1.165) is 22.3 Å². The minimum Gasteiger partial charge on any atom is -0.481 e. The quantitative estimate of drug-likeness (QED) is 0.864. The minimum atomic E-state index is -0.972. The molecule has 0 atom stereocenters. The second-order valence-corrected chi connectivity index (χ2v) is 4.30. The summed E-state index contributed by atoms with van der Waals surface area (Å²) in [6.45, 7) is 2.19. The summed E-state index contributed by atoms with van der Waals surface area (Å²) in [5.41, 5.74) is 1.72. The van der Waals surface area contributed by atoms with E-state index in [2.05, 4.69) is 5.32 Å². The van der Waals surface area contributed by atoms with Gasteiger partial charge in [-0.2, -0.15) is 0 Å². The average molecular weight is 261 g/mol. The van der Waals surface area contributed by atoms with Crippen molar-refractivity contribution in [3.8, 4) is 0 Å². The van der Waals surface area contributed by atoms with Gasteiger partial charge in [0.1, 0.15) is 11.3 Å². The lowest BCUT2D eigenvalue weighted by Crippen LogP contribution is -2.23. The standard InChI is InChI=1S/C14H15NO4/c1-9-11(8-15-13(16)6-7-14(17)18)10-4-2-3-5-12(10)19-9/h2-5H,6-8H2,1H3,(H,15,16)(H,17,18). The molecular weight excluding hydrogens is 246 g/mol. The van der Waals surface area contributed by atoms with Crippen molar-refractivity contribution in [1.82, 2.24) is 5.32 Å². The number of carbonyl (C=O) groups excluding carboxylic acids is 1. The highest BCUT2D eigenvalue weighted by molar-refractivity contribution is 5.84. The Bertz CT molecular complexity index is 615. The predicted octanol–water partition coefficient (Wildman–Crippen LogP) is 2.22. The van der Waals surface area contributed by atoms with Crippen LogP contribution in [0.25, 0.3) is 11.0 Å². The summed E-state index contributed by atoms with van der Waals surface area (Å²) in [5, 5.41) is 12.2. The van der Waals surface area contributed by atoms with Crippen LogP contribution in [0.15, 0.2) is 28.7 Å². The summed E-state index contributed by atoms with van der Waals surface area (Å²) < 4.78 is 5.58. The highest BCUT2D eigenvalue weighted by atomic mass is 16.4. The maximum absolute atomic E-state index is 11.5. The fourth-order valence-electron chi connectivity index (χ4n) is 1.94. The fourth-order valence-corrected chi connectivity index (χ4v) is 1.94. The molecule has 0 unspecified atom stereocenters. The Kier molecular flexibility index (Phi) is 3.85. The number of hydrogen-bond acceptors (Lipinski definition) is 3. The van der Waals surface area contributed by atoms with Gasteiger partial charge in [0, 0.05) is 23.9 Å². The summed E-state index contributed by atoms with van der Waals surface area (Å²) in [6.07, 6.45) is -0.166. The van der Waals surface area contributed by atoms with E-state index >= 15 is 0 Å². The molecule has 2 aromatic rings. The number of carboxylic acid groups (broad SMARTS) is 1. The van der Waals surface area contributed by atoms with Crippen LogP contribution in [0, 0.1) is 6.92 Å². The number of carboxylic acids is 1.